The molecule has 1 heterocycles. The number of halogens is 2. The zero-order valence-corrected chi connectivity index (χ0v) is 17.0. The lowest BCUT2D eigenvalue weighted by atomic mass is 9.89. The molecule has 7 heteroatoms. The fourth-order valence-corrected chi connectivity index (χ4v) is 4.57. The first-order chi connectivity index (χ1) is 13.2. The maximum atomic E-state index is 14.0. The van der Waals surface area contributed by atoms with Gasteiger partial charge in [-0.15, -0.1) is 0 Å². The van der Waals surface area contributed by atoms with Gasteiger partial charge in [0.1, 0.15) is 11.6 Å². The highest BCUT2D eigenvalue weighted by molar-refractivity contribution is 7.88. The predicted octanol–water partition coefficient (Wildman–Crippen LogP) is 3.95. The van der Waals surface area contributed by atoms with E-state index in [-0.39, 0.29) is 12.0 Å². The number of benzene rings is 2. The summed E-state index contributed by atoms with van der Waals surface area (Å²) in [6, 6.07) is 11.5. The van der Waals surface area contributed by atoms with Crippen molar-refractivity contribution in [1.29, 1.82) is 0 Å². The van der Waals surface area contributed by atoms with Crippen LogP contribution in [0.4, 0.5) is 8.78 Å². The highest BCUT2D eigenvalue weighted by atomic mass is 32.2. The van der Waals surface area contributed by atoms with E-state index in [1.807, 2.05) is 31.2 Å². The molecule has 152 valence electrons. The van der Waals surface area contributed by atoms with Crippen LogP contribution in [0.25, 0.3) is 0 Å². The quantitative estimate of drug-likeness (QED) is 0.787. The molecule has 2 aromatic rings. The van der Waals surface area contributed by atoms with Crippen LogP contribution in [-0.2, 0) is 16.6 Å². The van der Waals surface area contributed by atoms with Crippen molar-refractivity contribution in [2.75, 3.05) is 19.3 Å². The molecule has 1 unspecified atom stereocenters. The number of rotatable bonds is 6. The summed E-state index contributed by atoms with van der Waals surface area (Å²) in [5.74, 6) is -0.865. The lowest BCUT2D eigenvalue weighted by molar-refractivity contribution is 0.203. The summed E-state index contributed by atoms with van der Waals surface area (Å²) in [4.78, 5) is 2.32. The normalized spacial score (nSPS) is 17.6. The number of nitrogens with one attached hydrogen (secondary N) is 1. The molecule has 0 aliphatic carbocycles. The maximum absolute atomic E-state index is 14.0. The van der Waals surface area contributed by atoms with Crippen molar-refractivity contribution in [3.05, 3.63) is 70.8 Å². The Morgan fingerprint density at radius 2 is 1.75 bits per heavy atom. The minimum atomic E-state index is -3.24. The van der Waals surface area contributed by atoms with Gasteiger partial charge in [-0.1, -0.05) is 30.3 Å². The molecule has 1 aliphatic heterocycles. The smallest absolute Gasteiger partial charge is 0.209 e. The molecule has 0 saturated carbocycles. The molecular weight excluding hydrogens is 382 g/mol. The van der Waals surface area contributed by atoms with Gasteiger partial charge < -0.3 is 0 Å². The van der Waals surface area contributed by atoms with Crippen LogP contribution in [0.2, 0.25) is 0 Å². The largest absolute Gasteiger partial charge is 0.299 e. The van der Waals surface area contributed by atoms with E-state index in [0.29, 0.717) is 5.56 Å². The molecule has 3 rings (SSSR count). The van der Waals surface area contributed by atoms with Gasteiger partial charge in [0, 0.05) is 18.7 Å². The van der Waals surface area contributed by atoms with Gasteiger partial charge in [-0.05, 0) is 61.5 Å². The highest BCUT2D eigenvalue weighted by Crippen LogP contribution is 2.30. The van der Waals surface area contributed by atoms with Gasteiger partial charge in [-0.3, -0.25) is 4.90 Å². The fraction of sp³-hybridized carbons (Fsp3) is 0.429. The second kappa shape index (κ2) is 8.68. The van der Waals surface area contributed by atoms with E-state index in [9.17, 15) is 17.2 Å². The van der Waals surface area contributed by atoms with Crippen LogP contribution in [0.15, 0.2) is 42.5 Å². The van der Waals surface area contributed by atoms with Gasteiger partial charge in [-0.25, -0.2) is 21.9 Å². The van der Waals surface area contributed by atoms with Gasteiger partial charge in [0.15, 0.2) is 0 Å². The minimum absolute atomic E-state index is 0.127. The predicted molar refractivity (Wildman–Crippen MR) is 106 cm³/mol. The van der Waals surface area contributed by atoms with E-state index in [1.54, 1.807) is 6.07 Å². The molecule has 1 fully saturated rings. The van der Waals surface area contributed by atoms with E-state index in [2.05, 4.69) is 9.62 Å². The fourth-order valence-electron chi connectivity index (χ4n) is 3.79. The van der Waals surface area contributed by atoms with Crippen molar-refractivity contribution in [2.45, 2.75) is 38.3 Å². The molecule has 2 aromatic carbocycles. The number of nitrogens with zero attached hydrogens (tertiary/aromatic N) is 1. The molecule has 0 amide bonds. The topological polar surface area (TPSA) is 49.4 Å². The molecule has 1 N–H and O–H groups in total. The van der Waals surface area contributed by atoms with E-state index >= 15 is 0 Å². The SMILES string of the molecule is CC(NS(C)(=O)=O)c1ccc(CN2CCC(c3ccc(F)cc3F)CC2)cc1. The van der Waals surface area contributed by atoms with Crippen LogP contribution in [-0.4, -0.2) is 32.7 Å². The lowest BCUT2D eigenvalue weighted by Gasteiger charge is -2.32. The Bertz CT molecular complexity index is 909. The Kier molecular flexibility index (Phi) is 6.47. The molecule has 0 spiro atoms. The number of piperidine rings is 1. The van der Waals surface area contributed by atoms with Crippen molar-refractivity contribution in [1.82, 2.24) is 9.62 Å². The molecular formula is C21H26F2N2O2S. The summed E-state index contributed by atoms with van der Waals surface area (Å²) in [5, 5.41) is 0. The van der Waals surface area contributed by atoms with E-state index in [1.165, 1.54) is 6.07 Å². The van der Waals surface area contributed by atoms with E-state index in [0.717, 1.165) is 55.9 Å². The van der Waals surface area contributed by atoms with Crippen LogP contribution < -0.4 is 4.72 Å². The number of likely N-dealkylation sites (tertiary alicyclic amines) is 1. The van der Waals surface area contributed by atoms with Crippen LogP contribution in [0.1, 0.15) is 48.4 Å². The van der Waals surface area contributed by atoms with Crippen molar-refractivity contribution in [3.63, 3.8) is 0 Å². The highest BCUT2D eigenvalue weighted by Gasteiger charge is 2.23. The summed E-state index contributed by atoms with van der Waals surface area (Å²) < 4.78 is 52.4. The summed E-state index contributed by atoms with van der Waals surface area (Å²) in [7, 11) is -3.24. The van der Waals surface area contributed by atoms with E-state index in [4.69, 9.17) is 0 Å². The average molecular weight is 409 g/mol. The molecule has 1 atom stereocenters. The van der Waals surface area contributed by atoms with Crippen LogP contribution in [0, 0.1) is 11.6 Å². The average Bonchev–Trinajstić information content (AvgIpc) is 2.62. The zero-order valence-electron chi connectivity index (χ0n) is 16.2. The standard InChI is InChI=1S/C21H26F2N2O2S/c1-15(24-28(2,26)27)17-5-3-16(4-6-17)14-25-11-9-18(10-12-25)20-8-7-19(22)13-21(20)23/h3-8,13,15,18,24H,9-12,14H2,1-2H3. The molecule has 0 radical (unpaired) electrons. The van der Waals surface area contributed by atoms with Gasteiger partial charge in [0.05, 0.1) is 6.26 Å². The molecule has 1 saturated heterocycles. The minimum Gasteiger partial charge on any atom is -0.299 e. The Labute approximate surface area is 165 Å². The molecule has 0 aromatic heterocycles. The summed E-state index contributed by atoms with van der Waals surface area (Å²) in [5.41, 5.74) is 2.68. The second-order valence-electron chi connectivity index (χ2n) is 7.57. The van der Waals surface area contributed by atoms with Gasteiger partial charge in [0.25, 0.3) is 0 Å². The van der Waals surface area contributed by atoms with Gasteiger partial charge in [0.2, 0.25) is 10.0 Å². The first-order valence-electron chi connectivity index (χ1n) is 9.45. The summed E-state index contributed by atoms with van der Waals surface area (Å²) in [6.45, 7) is 4.33. The number of sulfonamides is 1. The van der Waals surface area contributed by atoms with Gasteiger partial charge >= 0.3 is 0 Å². The third-order valence-electron chi connectivity index (χ3n) is 5.27. The third kappa shape index (κ3) is 5.59. The Morgan fingerprint density at radius 3 is 2.32 bits per heavy atom. The maximum Gasteiger partial charge on any atom is 0.209 e. The Hall–Kier alpha value is -1.83. The molecule has 0 bridgehead atoms. The molecule has 4 nitrogen and oxygen atoms in total. The van der Waals surface area contributed by atoms with E-state index < -0.39 is 21.7 Å². The van der Waals surface area contributed by atoms with Crippen LogP contribution in [0.5, 0.6) is 0 Å². The van der Waals surface area contributed by atoms with Crippen LogP contribution in [0.3, 0.4) is 0 Å². The second-order valence-corrected chi connectivity index (χ2v) is 9.35. The third-order valence-corrected chi connectivity index (χ3v) is 6.05. The summed E-state index contributed by atoms with van der Waals surface area (Å²) >= 11 is 0. The number of hydrogen-bond acceptors (Lipinski definition) is 3. The molecule has 28 heavy (non-hydrogen) atoms. The first kappa shape index (κ1) is 20.9. The van der Waals surface area contributed by atoms with Crippen LogP contribution >= 0.6 is 0 Å². The van der Waals surface area contributed by atoms with Crippen molar-refractivity contribution < 1.29 is 17.2 Å². The van der Waals surface area contributed by atoms with Crippen molar-refractivity contribution in [2.24, 2.45) is 0 Å². The van der Waals surface area contributed by atoms with Crippen molar-refractivity contribution >= 4 is 10.0 Å². The first-order valence-corrected chi connectivity index (χ1v) is 11.3. The Morgan fingerprint density at radius 1 is 1.11 bits per heavy atom. The monoisotopic (exact) mass is 408 g/mol. The zero-order chi connectivity index (χ0) is 20.3. The summed E-state index contributed by atoms with van der Waals surface area (Å²) in [6.07, 6.45) is 2.84. The van der Waals surface area contributed by atoms with Gasteiger partial charge in [-0.2, -0.15) is 0 Å². The molecule has 1 aliphatic rings. The number of hydrogen-bond donors (Lipinski definition) is 1. The van der Waals surface area contributed by atoms with Crippen molar-refractivity contribution in [3.8, 4) is 0 Å². The lowest BCUT2D eigenvalue weighted by Crippen LogP contribution is -2.32. The Balaban J connectivity index is 1.54.